The van der Waals surface area contributed by atoms with Crippen molar-refractivity contribution in [1.29, 1.82) is 0 Å². The van der Waals surface area contributed by atoms with Gasteiger partial charge < -0.3 is 15.6 Å². The van der Waals surface area contributed by atoms with Crippen molar-refractivity contribution < 1.29 is 0 Å². The molecule has 0 radical (unpaired) electrons. The summed E-state index contributed by atoms with van der Waals surface area (Å²) in [5.41, 5.74) is 3.46. The normalized spacial score (nSPS) is 12.4. The van der Waals surface area contributed by atoms with Gasteiger partial charge in [0.15, 0.2) is 5.96 Å². The van der Waals surface area contributed by atoms with Crippen LogP contribution in [-0.4, -0.2) is 35.6 Å². The van der Waals surface area contributed by atoms with Gasteiger partial charge in [-0.1, -0.05) is 49.4 Å². The Morgan fingerprint density at radius 1 is 1.07 bits per heavy atom. The van der Waals surface area contributed by atoms with Crippen molar-refractivity contribution in [3.8, 4) is 0 Å². The van der Waals surface area contributed by atoms with Gasteiger partial charge >= 0.3 is 0 Å². The standard InChI is InChI=1S/C22H29N5.HI/c1-3-23-22(25-16-17(2)18-10-5-4-6-11-18)24-15-9-14-21-26-19-12-7-8-13-20(19)27-21;/h4-8,10-13,17H,3,9,14-16H2,1-2H3,(H,26,27)(H2,23,24,25);1H. The fraction of sp³-hybridized carbons (Fsp3) is 0.364. The summed E-state index contributed by atoms with van der Waals surface area (Å²) < 4.78 is 0. The second-order valence-corrected chi connectivity index (χ2v) is 6.76. The molecule has 0 aliphatic heterocycles. The molecule has 6 heteroatoms. The first-order chi connectivity index (χ1) is 13.3. The zero-order chi connectivity index (χ0) is 18.9. The number of H-pyrrole nitrogens is 1. The molecule has 0 aliphatic rings. The summed E-state index contributed by atoms with van der Waals surface area (Å²) in [7, 11) is 0. The number of aromatic amines is 1. The first-order valence-corrected chi connectivity index (χ1v) is 9.77. The van der Waals surface area contributed by atoms with Crippen LogP contribution in [0.3, 0.4) is 0 Å². The van der Waals surface area contributed by atoms with Crippen LogP contribution in [0.15, 0.2) is 59.6 Å². The minimum absolute atomic E-state index is 0. The van der Waals surface area contributed by atoms with E-state index in [1.807, 2.05) is 24.3 Å². The van der Waals surface area contributed by atoms with Crippen molar-refractivity contribution in [3.05, 3.63) is 66.0 Å². The number of rotatable bonds is 8. The molecule has 0 aliphatic carbocycles. The van der Waals surface area contributed by atoms with Crippen molar-refractivity contribution in [3.63, 3.8) is 0 Å². The average Bonchev–Trinajstić information content (AvgIpc) is 3.12. The lowest BCUT2D eigenvalue weighted by Gasteiger charge is -2.13. The molecule has 0 fully saturated rings. The van der Waals surface area contributed by atoms with Gasteiger partial charge in [0.25, 0.3) is 0 Å². The topological polar surface area (TPSA) is 65.1 Å². The van der Waals surface area contributed by atoms with Crippen molar-refractivity contribution in [2.45, 2.75) is 32.6 Å². The molecule has 2 aromatic carbocycles. The van der Waals surface area contributed by atoms with Gasteiger partial charge in [-0.25, -0.2) is 4.98 Å². The first kappa shape index (κ1) is 22.2. The van der Waals surface area contributed by atoms with Gasteiger partial charge in [0, 0.05) is 32.0 Å². The number of aryl methyl sites for hydroxylation is 1. The lowest BCUT2D eigenvalue weighted by molar-refractivity contribution is 0.714. The predicted octanol–water partition coefficient (Wildman–Crippen LogP) is 4.47. The number of aromatic nitrogens is 2. The van der Waals surface area contributed by atoms with E-state index in [1.54, 1.807) is 0 Å². The molecule has 0 saturated heterocycles. The highest BCUT2D eigenvalue weighted by atomic mass is 127. The Balaban J connectivity index is 0.00000280. The molecule has 150 valence electrons. The van der Waals surface area contributed by atoms with Gasteiger partial charge in [0.05, 0.1) is 11.0 Å². The monoisotopic (exact) mass is 491 g/mol. The van der Waals surface area contributed by atoms with Crippen LogP contribution in [0.5, 0.6) is 0 Å². The lowest BCUT2D eigenvalue weighted by Crippen LogP contribution is -2.38. The number of benzene rings is 2. The molecule has 3 N–H and O–H groups in total. The zero-order valence-electron chi connectivity index (χ0n) is 16.6. The Bertz CT molecular complexity index is 827. The molecular weight excluding hydrogens is 461 g/mol. The Kier molecular flexibility index (Phi) is 9.27. The Morgan fingerprint density at radius 2 is 1.82 bits per heavy atom. The smallest absolute Gasteiger partial charge is 0.191 e. The van der Waals surface area contributed by atoms with E-state index in [-0.39, 0.29) is 24.0 Å². The summed E-state index contributed by atoms with van der Waals surface area (Å²) in [6.45, 7) is 6.79. The van der Waals surface area contributed by atoms with Crippen LogP contribution < -0.4 is 10.6 Å². The van der Waals surface area contributed by atoms with Crippen LogP contribution >= 0.6 is 24.0 Å². The van der Waals surface area contributed by atoms with Gasteiger partial charge in [-0.3, -0.25) is 4.99 Å². The highest BCUT2D eigenvalue weighted by Crippen LogP contribution is 2.14. The molecule has 1 heterocycles. The van der Waals surface area contributed by atoms with E-state index in [2.05, 4.69) is 64.8 Å². The number of aliphatic imine (C=N–C) groups is 1. The molecule has 0 bridgehead atoms. The van der Waals surface area contributed by atoms with Crippen LogP contribution in [0.4, 0.5) is 0 Å². The van der Waals surface area contributed by atoms with E-state index in [0.29, 0.717) is 5.92 Å². The van der Waals surface area contributed by atoms with E-state index in [0.717, 1.165) is 55.3 Å². The molecule has 3 rings (SSSR count). The summed E-state index contributed by atoms with van der Waals surface area (Å²) >= 11 is 0. The molecule has 0 amide bonds. The average molecular weight is 491 g/mol. The maximum Gasteiger partial charge on any atom is 0.191 e. The van der Waals surface area contributed by atoms with Gasteiger partial charge in [0.2, 0.25) is 0 Å². The van der Waals surface area contributed by atoms with E-state index >= 15 is 0 Å². The summed E-state index contributed by atoms with van der Waals surface area (Å²) in [5.74, 6) is 2.32. The number of para-hydroxylation sites is 2. The maximum absolute atomic E-state index is 4.74. The minimum atomic E-state index is 0. The number of guanidine groups is 1. The van der Waals surface area contributed by atoms with Gasteiger partial charge in [-0.05, 0) is 31.0 Å². The SMILES string of the molecule is CCNC(=NCC(C)c1ccccc1)NCCCc1nc2ccccc2[nH]1.I. The minimum Gasteiger partial charge on any atom is -0.357 e. The molecule has 1 aromatic heterocycles. The largest absolute Gasteiger partial charge is 0.357 e. The Labute approximate surface area is 184 Å². The number of nitrogens with one attached hydrogen (secondary N) is 3. The summed E-state index contributed by atoms with van der Waals surface area (Å²) in [6.07, 6.45) is 1.92. The fourth-order valence-electron chi connectivity index (χ4n) is 3.04. The van der Waals surface area contributed by atoms with Gasteiger partial charge in [0.1, 0.15) is 5.82 Å². The van der Waals surface area contributed by atoms with E-state index in [4.69, 9.17) is 4.99 Å². The first-order valence-electron chi connectivity index (χ1n) is 9.77. The Morgan fingerprint density at radius 3 is 2.57 bits per heavy atom. The summed E-state index contributed by atoms with van der Waals surface area (Å²) in [4.78, 5) is 12.8. The van der Waals surface area contributed by atoms with Crippen LogP contribution in [0.1, 0.15) is 37.6 Å². The van der Waals surface area contributed by atoms with Crippen molar-refractivity contribution >= 4 is 41.0 Å². The van der Waals surface area contributed by atoms with Crippen LogP contribution in [0.2, 0.25) is 0 Å². The van der Waals surface area contributed by atoms with Gasteiger partial charge in [-0.15, -0.1) is 24.0 Å². The highest BCUT2D eigenvalue weighted by Gasteiger charge is 2.05. The molecule has 1 atom stereocenters. The molecule has 1 unspecified atom stereocenters. The predicted molar refractivity (Wildman–Crippen MR) is 129 cm³/mol. The fourth-order valence-corrected chi connectivity index (χ4v) is 3.04. The molecule has 3 aromatic rings. The van der Waals surface area contributed by atoms with E-state index < -0.39 is 0 Å². The van der Waals surface area contributed by atoms with Crippen molar-refractivity contribution in [2.75, 3.05) is 19.6 Å². The van der Waals surface area contributed by atoms with Gasteiger partial charge in [-0.2, -0.15) is 0 Å². The third-order valence-corrected chi connectivity index (χ3v) is 4.56. The lowest BCUT2D eigenvalue weighted by atomic mass is 10.0. The van der Waals surface area contributed by atoms with Crippen LogP contribution in [0.25, 0.3) is 11.0 Å². The third-order valence-electron chi connectivity index (χ3n) is 4.56. The molecular formula is C22H30IN5. The number of hydrogen-bond donors (Lipinski definition) is 3. The maximum atomic E-state index is 4.74. The molecule has 28 heavy (non-hydrogen) atoms. The molecule has 0 saturated carbocycles. The third kappa shape index (κ3) is 6.51. The van der Waals surface area contributed by atoms with E-state index in [9.17, 15) is 0 Å². The van der Waals surface area contributed by atoms with Crippen LogP contribution in [0, 0.1) is 0 Å². The Hall–Kier alpha value is -2.09. The second-order valence-electron chi connectivity index (χ2n) is 6.76. The quantitative estimate of drug-likeness (QED) is 0.189. The van der Waals surface area contributed by atoms with Crippen LogP contribution in [-0.2, 0) is 6.42 Å². The number of halogens is 1. The van der Waals surface area contributed by atoms with Crippen molar-refractivity contribution in [2.24, 2.45) is 4.99 Å². The van der Waals surface area contributed by atoms with Crippen molar-refractivity contribution in [1.82, 2.24) is 20.6 Å². The van der Waals surface area contributed by atoms with E-state index in [1.165, 1.54) is 5.56 Å². The summed E-state index contributed by atoms with van der Waals surface area (Å²) in [6, 6.07) is 18.7. The zero-order valence-corrected chi connectivity index (χ0v) is 18.9. The highest BCUT2D eigenvalue weighted by molar-refractivity contribution is 14.0. The molecule has 5 nitrogen and oxygen atoms in total. The second kappa shape index (κ2) is 11.7. The number of nitrogens with zero attached hydrogens (tertiary/aromatic N) is 2. The number of imidazole rings is 1. The number of hydrogen-bond acceptors (Lipinski definition) is 2. The molecule has 0 spiro atoms. The number of fused-ring (bicyclic) bond motifs is 1. The summed E-state index contributed by atoms with van der Waals surface area (Å²) in [5, 5.41) is 6.75.